The molecule has 0 saturated carbocycles. The van der Waals surface area contributed by atoms with Gasteiger partial charge in [-0.3, -0.25) is 9.97 Å². The van der Waals surface area contributed by atoms with Crippen LogP contribution in [-0.2, 0) is 0 Å². The molecule has 0 fully saturated rings. The summed E-state index contributed by atoms with van der Waals surface area (Å²) < 4.78 is 14.1. The summed E-state index contributed by atoms with van der Waals surface area (Å²) in [6, 6.07) is 5.02. The number of hydrogen-bond donors (Lipinski definition) is 1. The van der Waals surface area contributed by atoms with E-state index in [1.807, 2.05) is 19.1 Å². The Balaban J connectivity index is 2.37. The molecule has 0 spiro atoms. The van der Waals surface area contributed by atoms with Crippen LogP contribution < -0.4 is 5.32 Å². The first-order chi connectivity index (χ1) is 9.22. The minimum Gasteiger partial charge on any atom is -0.305 e. The van der Waals surface area contributed by atoms with Gasteiger partial charge in [-0.25, -0.2) is 4.39 Å². The van der Waals surface area contributed by atoms with Crippen molar-refractivity contribution in [1.29, 1.82) is 0 Å². The second kappa shape index (κ2) is 6.38. The lowest BCUT2D eigenvalue weighted by Gasteiger charge is -2.19. The van der Waals surface area contributed by atoms with E-state index < -0.39 is 0 Å². The number of aromatic nitrogens is 2. The maximum Gasteiger partial charge on any atom is 0.128 e. The van der Waals surface area contributed by atoms with E-state index in [-0.39, 0.29) is 11.9 Å². The molecule has 100 valence electrons. The molecule has 0 amide bonds. The van der Waals surface area contributed by atoms with Gasteiger partial charge in [0.15, 0.2) is 0 Å². The molecule has 0 saturated heterocycles. The van der Waals surface area contributed by atoms with Crippen molar-refractivity contribution in [2.75, 3.05) is 6.54 Å². The van der Waals surface area contributed by atoms with Gasteiger partial charge in [-0.2, -0.15) is 0 Å². The molecule has 4 heteroatoms. The van der Waals surface area contributed by atoms with Crippen LogP contribution >= 0.6 is 0 Å². The Kier molecular flexibility index (Phi) is 4.58. The van der Waals surface area contributed by atoms with Gasteiger partial charge in [0.25, 0.3) is 0 Å². The molecule has 0 radical (unpaired) electrons. The molecule has 0 bridgehead atoms. The highest BCUT2D eigenvalue weighted by Crippen LogP contribution is 2.23. The van der Waals surface area contributed by atoms with Gasteiger partial charge in [0.1, 0.15) is 5.82 Å². The fourth-order valence-electron chi connectivity index (χ4n) is 1.99. The average Bonchev–Trinajstić information content (AvgIpc) is 2.42. The van der Waals surface area contributed by atoms with Gasteiger partial charge < -0.3 is 5.32 Å². The highest BCUT2D eigenvalue weighted by Gasteiger charge is 2.18. The highest BCUT2D eigenvalue weighted by atomic mass is 19.1. The number of benzene rings is 1. The number of nitrogens with one attached hydrogen (secondary N) is 1. The fraction of sp³-hybridized carbons (Fsp3) is 0.333. The SMILES string of the molecule is CCCNC(c1cnccn1)c1ccc(C)cc1F. The molecule has 2 rings (SSSR count). The van der Waals surface area contributed by atoms with Crippen molar-refractivity contribution < 1.29 is 4.39 Å². The lowest BCUT2D eigenvalue weighted by molar-refractivity contribution is 0.537. The largest absolute Gasteiger partial charge is 0.305 e. The summed E-state index contributed by atoms with van der Waals surface area (Å²) in [6.07, 6.45) is 5.89. The Morgan fingerprint density at radius 1 is 1.32 bits per heavy atom. The molecule has 2 aromatic rings. The van der Waals surface area contributed by atoms with Crippen LogP contribution in [-0.4, -0.2) is 16.5 Å². The molecule has 0 aliphatic carbocycles. The van der Waals surface area contributed by atoms with Crippen molar-refractivity contribution in [2.45, 2.75) is 26.3 Å². The molecular formula is C15H18FN3. The molecule has 1 heterocycles. The first-order valence-corrected chi connectivity index (χ1v) is 6.47. The van der Waals surface area contributed by atoms with Crippen LogP contribution in [0.4, 0.5) is 4.39 Å². The van der Waals surface area contributed by atoms with Crippen molar-refractivity contribution in [1.82, 2.24) is 15.3 Å². The zero-order chi connectivity index (χ0) is 13.7. The van der Waals surface area contributed by atoms with E-state index >= 15 is 0 Å². The Labute approximate surface area is 112 Å². The van der Waals surface area contributed by atoms with E-state index in [9.17, 15) is 4.39 Å². The van der Waals surface area contributed by atoms with E-state index in [4.69, 9.17) is 0 Å². The number of rotatable bonds is 5. The Hall–Kier alpha value is -1.81. The highest BCUT2D eigenvalue weighted by molar-refractivity contribution is 5.31. The van der Waals surface area contributed by atoms with E-state index in [0.29, 0.717) is 5.56 Å². The maximum atomic E-state index is 14.1. The molecule has 1 N–H and O–H groups in total. The van der Waals surface area contributed by atoms with Crippen LogP contribution in [0.2, 0.25) is 0 Å². The van der Waals surface area contributed by atoms with Crippen LogP contribution in [0.5, 0.6) is 0 Å². The van der Waals surface area contributed by atoms with Gasteiger partial charge in [0, 0.05) is 18.0 Å². The number of hydrogen-bond acceptors (Lipinski definition) is 3. The normalized spacial score (nSPS) is 12.4. The molecular weight excluding hydrogens is 241 g/mol. The summed E-state index contributed by atoms with van der Waals surface area (Å²) >= 11 is 0. The molecule has 1 atom stereocenters. The van der Waals surface area contributed by atoms with Gasteiger partial charge in [-0.05, 0) is 31.5 Å². The lowest BCUT2D eigenvalue weighted by atomic mass is 10.0. The summed E-state index contributed by atoms with van der Waals surface area (Å²) in [6.45, 7) is 4.75. The third-order valence-electron chi connectivity index (χ3n) is 2.94. The van der Waals surface area contributed by atoms with E-state index in [1.54, 1.807) is 24.7 Å². The van der Waals surface area contributed by atoms with E-state index in [0.717, 1.165) is 24.2 Å². The molecule has 0 aliphatic heterocycles. The van der Waals surface area contributed by atoms with Gasteiger partial charge in [-0.15, -0.1) is 0 Å². The van der Waals surface area contributed by atoms with E-state index in [1.165, 1.54) is 0 Å². The summed E-state index contributed by atoms with van der Waals surface area (Å²) in [4.78, 5) is 8.34. The maximum absolute atomic E-state index is 14.1. The van der Waals surface area contributed by atoms with Crippen molar-refractivity contribution in [3.63, 3.8) is 0 Å². The van der Waals surface area contributed by atoms with Crippen molar-refractivity contribution in [3.05, 3.63) is 59.4 Å². The summed E-state index contributed by atoms with van der Waals surface area (Å²) in [5.74, 6) is -0.209. The molecule has 19 heavy (non-hydrogen) atoms. The van der Waals surface area contributed by atoms with Crippen LogP contribution in [0.3, 0.4) is 0 Å². The minimum absolute atomic E-state index is 0.209. The minimum atomic E-state index is -0.255. The zero-order valence-corrected chi connectivity index (χ0v) is 11.2. The van der Waals surface area contributed by atoms with Gasteiger partial charge >= 0.3 is 0 Å². The molecule has 1 aromatic heterocycles. The number of aryl methyl sites for hydroxylation is 1. The Morgan fingerprint density at radius 2 is 2.16 bits per heavy atom. The Morgan fingerprint density at radius 3 is 2.79 bits per heavy atom. The van der Waals surface area contributed by atoms with Crippen molar-refractivity contribution >= 4 is 0 Å². The predicted octanol–water partition coefficient (Wildman–Crippen LogP) is 3.01. The van der Waals surface area contributed by atoms with Crippen LogP contribution in [0.1, 0.15) is 36.2 Å². The first kappa shape index (κ1) is 13.6. The second-order valence-electron chi connectivity index (χ2n) is 4.54. The van der Waals surface area contributed by atoms with Gasteiger partial charge in [0.2, 0.25) is 0 Å². The van der Waals surface area contributed by atoms with E-state index in [2.05, 4.69) is 22.2 Å². The quantitative estimate of drug-likeness (QED) is 0.897. The number of halogens is 1. The first-order valence-electron chi connectivity index (χ1n) is 6.47. The molecule has 0 aliphatic rings. The van der Waals surface area contributed by atoms with Crippen LogP contribution in [0.25, 0.3) is 0 Å². The lowest BCUT2D eigenvalue weighted by Crippen LogP contribution is -2.25. The van der Waals surface area contributed by atoms with Gasteiger partial charge in [0.05, 0.1) is 17.9 Å². The van der Waals surface area contributed by atoms with Crippen molar-refractivity contribution in [2.24, 2.45) is 0 Å². The standard InChI is InChI=1S/C15H18FN3/c1-3-6-19-15(14-10-17-7-8-18-14)12-5-4-11(2)9-13(12)16/h4-5,7-10,15,19H,3,6H2,1-2H3. The van der Waals surface area contributed by atoms with Crippen LogP contribution in [0, 0.1) is 12.7 Å². The fourth-order valence-corrected chi connectivity index (χ4v) is 1.99. The van der Waals surface area contributed by atoms with Crippen molar-refractivity contribution in [3.8, 4) is 0 Å². The van der Waals surface area contributed by atoms with Crippen LogP contribution in [0.15, 0.2) is 36.8 Å². The Bertz CT molecular complexity index is 528. The molecule has 1 unspecified atom stereocenters. The second-order valence-corrected chi connectivity index (χ2v) is 4.54. The topological polar surface area (TPSA) is 37.8 Å². The predicted molar refractivity (Wildman–Crippen MR) is 73.3 cm³/mol. The average molecular weight is 259 g/mol. The summed E-state index contributed by atoms with van der Waals surface area (Å²) in [5.41, 5.74) is 2.26. The third-order valence-corrected chi connectivity index (χ3v) is 2.94. The smallest absolute Gasteiger partial charge is 0.128 e. The molecule has 1 aromatic carbocycles. The summed E-state index contributed by atoms with van der Waals surface area (Å²) in [5, 5.41) is 3.32. The zero-order valence-electron chi connectivity index (χ0n) is 11.2. The monoisotopic (exact) mass is 259 g/mol. The molecule has 3 nitrogen and oxygen atoms in total. The summed E-state index contributed by atoms with van der Waals surface area (Å²) in [7, 11) is 0. The third kappa shape index (κ3) is 3.35. The number of nitrogens with zero attached hydrogens (tertiary/aromatic N) is 2. The van der Waals surface area contributed by atoms with Gasteiger partial charge in [-0.1, -0.05) is 19.1 Å².